The Morgan fingerprint density at radius 2 is 1.50 bits per heavy atom. The molecule has 24 heavy (non-hydrogen) atoms. The van der Waals surface area contributed by atoms with E-state index in [1.807, 2.05) is 0 Å². The van der Waals surface area contributed by atoms with E-state index in [1.54, 1.807) is 0 Å². The molecule has 0 aliphatic heterocycles. The molecule has 3 N–H and O–H groups in total. The minimum atomic E-state index is -1.56. The van der Waals surface area contributed by atoms with Crippen LogP contribution in [0.3, 0.4) is 0 Å². The van der Waals surface area contributed by atoms with Crippen molar-refractivity contribution in [3.8, 4) is 12.3 Å². The standard InChI is InChI=1S/C21H30O3/c1-4-19(22)12-14-15(17(2)8-5-13-11-20(13,17)19)6-9-18(3)16(14)7-10-21(18,23)24/h1,13-16,22-24H,5-12H2,2-3H3/t13-,14+,15-,16-,17+,18-,19+,20+/m0/s1. The Bertz CT molecular complexity index is 650. The second-order valence-corrected chi connectivity index (χ2v) is 10.2. The molecule has 5 fully saturated rings. The highest BCUT2D eigenvalue weighted by atomic mass is 16.5. The van der Waals surface area contributed by atoms with Crippen molar-refractivity contribution >= 4 is 0 Å². The molecule has 5 aliphatic rings. The summed E-state index contributed by atoms with van der Waals surface area (Å²) < 4.78 is 0. The van der Waals surface area contributed by atoms with Gasteiger partial charge in [0.2, 0.25) is 0 Å². The van der Waals surface area contributed by atoms with Crippen molar-refractivity contribution in [2.24, 2.45) is 39.9 Å². The summed E-state index contributed by atoms with van der Waals surface area (Å²) in [5.74, 6) is 3.04. The third-order valence-electron chi connectivity index (χ3n) is 10.0. The number of hydrogen-bond acceptors (Lipinski definition) is 3. The molecule has 0 aromatic heterocycles. The fourth-order valence-corrected chi connectivity index (χ4v) is 8.64. The van der Waals surface area contributed by atoms with E-state index in [1.165, 1.54) is 12.8 Å². The van der Waals surface area contributed by atoms with Gasteiger partial charge < -0.3 is 15.3 Å². The van der Waals surface area contributed by atoms with Gasteiger partial charge in [-0.05, 0) is 74.0 Å². The monoisotopic (exact) mass is 330 g/mol. The molecule has 5 saturated carbocycles. The normalized spacial score (nSPS) is 62.8. The largest absolute Gasteiger partial charge is 0.377 e. The van der Waals surface area contributed by atoms with Crippen LogP contribution >= 0.6 is 0 Å². The smallest absolute Gasteiger partial charge is 0.168 e. The Labute approximate surface area is 144 Å². The third kappa shape index (κ3) is 1.35. The highest BCUT2D eigenvalue weighted by molar-refractivity contribution is 5.36. The van der Waals surface area contributed by atoms with Crippen LogP contribution in [0, 0.1) is 52.3 Å². The summed E-state index contributed by atoms with van der Waals surface area (Å²) in [6.45, 7) is 4.44. The maximum absolute atomic E-state index is 11.5. The number of aliphatic hydroxyl groups is 3. The van der Waals surface area contributed by atoms with E-state index in [4.69, 9.17) is 6.42 Å². The van der Waals surface area contributed by atoms with Crippen LogP contribution in [0.4, 0.5) is 0 Å². The minimum Gasteiger partial charge on any atom is -0.377 e. The first-order valence-corrected chi connectivity index (χ1v) is 9.80. The lowest BCUT2D eigenvalue weighted by atomic mass is 9.43. The zero-order valence-corrected chi connectivity index (χ0v) is 14.9. The van der Waals surface area contributed by atoms with Crippen molar-refractivity contribution in [3.63, 3.8) is 0 Å². The van der Waals surface area contributed by atoms with Crippen molar-refractivity contribution in [1.29, 1.82) is 0 Å². The maximum atomic E-state index is 11.5. The van der Waals surface area contributed by atoms with Gasteiger partial charge in [0.1, 0.15) is 5.60 Å². The van der Waals surface area contributed by atoms with Gasteiger partial charge in [0.05, 0.1) is 0 Å². The average Bonchev–Trinajstić information content (AvgIpc) is 3.13. The summed E-state index contributed by atoms with van der Waals surface area (Å²) in [6, 6.07) is 0. The van der Waals surface area contributed by atoms with Crippen LogP contribution in [0.25, 0.3) is 0 Å². The number of rotatable bonds is 0. The Hall–Kier alpha value is -0.560. The van der Waals surface area contributed by atoms with Crippen molar-refractivity contribution in [3.05, 3.63) is 0 Å². The topological polar surface area (TPSA) is 60.7 Å². The van der Waals surface area contributed by atoms with Gasteiger partial charge in [0.15, 0.2) is 5.79 Å². The van der Waals surface area contributed by atoms with Gasteiger partial charge in [0.25, 0.3) is 0 Å². The summed E-state index contributed by atoms with van der Waals surface area (Å²) in [4.78, 5) is 0. The highest BCUT2D eigenvalue weighted by Gasteiger charge is 2.82. The Morgan fingerprint density at radius 3 is 2.17 bits per heavy atom. The predicted molar refractivity (Wildman–Crippen MR) is 90.5 cm³/mol. The first kappa shape index (κ1) is 15.7. The third-order valence-corrected chi connectivity index (χ3v) is 10.0. The average molecular weight is 330 g/mol. The zero-order chi connectivity index (χ0) is 17.2. The van der Waals surface area contributed by atoms with Crippen LogP contribution in [-0.2, 0) is 0 Å². The minimum absolute atomic E-state index is 0.0578. The molecular formula is C21H30O3. The lowest BCUT2D eigenvalue weighted by Crippen LogP contribution is -2.62. The van der Waals surface area contributed by atoms with Crippen LogP contribution in [0.5, 0.6) is 0 Å². The molecule has 3 nitrogen and oxygen atoms in total. The van der Waals surface area contributed by atoms with Gasteiger partial charge in [-0.25, -0.2) is 0 Å². The van der Waals surface area contributed by atoms with E-state index in [2.05, 4.69) is 19.8 Å². The molecule has 0 radical (unpaired) electrons. The summed E-state index contributed by atoms with van der Waals surface area (Å²) in [5, 5.41) is 32.7. The second kappa shape index (κ2) is 4.05. The Morgan fingerprint density at radius 1 is 0.875 bits per heavy atom. The maximum Gasteiger partial charge on any atom is 0.168 e. The van der Waals surface area contributed by atoms with E-state index < -0.39 is 16.8 Å². The molecule has 5 rings (SSSR count). The SMILES string of the molecule is C#C[C@@]1(O)C[C@H]2[C@@H]3CCC(O)(O)[C@@]3(C)CC[C@@H]2[C@@]2(C)CC[C@H]3C[C@]312. The van der Waals surface area contributed by atoms with Gasteiger partial charge in [0, 0.05) is 17.3 Å². The Balaban J connectivity index is 1.61. The van der Waals surface area contributed by atoms with Crippen LogP contribution in [0.1, 0.15) is 65.2 Å². The molecule has 0 saturated heterocycles. The summed E-state index contributed by atoms with van der Waals surface area (Å²) >= 11 is 0. The van der Waals surface area contributed by atoms with Crippen LogP contribution in [0.2, 0.25) is 0 Å². The van der Waals surface area contributed by atoms with Gasteiger partial charge in [-0.15, -0.1) is 6.42 Å². The van der Waals surface area contributed by atoms with Gasteiger partial charge in [-0.1, -0.05) is 19.8 Å². The molecule has 132 valence electrons. The molecule has 5 aliphatic carbocycles. The van der Waals surface area contributed by atoms with Crippen LogP contribution in [-0.4, -0.2) is 26.7 Å². The molecule has 0 aromatic rings. The number of fused-ring (bicyclic) bond motifs is 4. The fraction of sp³-hybridized carbons (Fsp3) is 0.905. The van der Waals surface area contributed by atoms with Gasteiger partial charge >= 0.3 is 0 Å². The summed E-state index contributed by atoms with van der Waals surface area (Å²) in [5.41, 5.74) is -1.39. The van der Waals surface area contributed by atoms with Crippen molar-refractivity contribution in [2.45, 2.75) is 76.6 Å². The first-order chi connectivity index (χ1) is 11.2. The van der Waals surface area contributed by atoms with Crippen molar-refractivity contribution < 1.29 is 15.3 Å². The van der Waals surface area contributed by atoms with E-state index >= 15 is 0 Å². The fourth-order valence-electron chi connectivity index (χ4n) is 8.64. The molecule has 1 spiro atoms. The molecule has 3 heteroatoms. The lowest BCUT2D eigenvalue weighted by molar-refractivity contribution is -0.259. The van der Waals surface area contributed by atoms with E-state index in [0.29, 0.717) is 30.6 Å². The van der Waals surface area contributed by atoms with Gasteiger partial charge in [-0.3, -0.25) is 0 Å². The van der Waals surface area contributed by atoms with Crippen molar-refractivity contribution in [1.82, 2.24) is 0 Å². The number of hydrogen-bond donors (Lipinski definition) is 3. The number of terminal acetylenes is 1. The molecule has 0 bridgehead atoms. The van der Waals surface area contributed by atoms with E-state index in [0.717, 1.165) is 25.7 Å². The van der Waals surface area contributed by atoms with Crippen LogP contribution in [0.15, 0.2) is 0 Å². The molecule has 0 aromatic carbocycles. The summed E-state index contributed by atoms with van der Waals surface area (Å²) in [6.07, 6.45) is 13.3. The van der Waals surface area contributed by atoms with Crippen molar-refractivity contribution in [2.75, 3.05) is 0 Å². The predicted octanol–water partition coefficient (Wildman–Crippen LogP) is 2.68. The zero-order valence-electron chi connectivity index (χ0n) is 14.9. The molecule has 8 atom stereocenters. The quantitative estimate of drug-likeness (QED) is 0.473. The van der Waals surface area contributed by atoms with E-state index in [-0.39, 0.29) is 16.7 Å². The summed E-state index contributed by atoms with van der Waals surface area (Å²) in [7, 11) is 0. The van der Waals surface area contributed by atoms with Gasteiger partial charge in [-0.2, -0.15) is 0 Å². The highest BCUT2D eigenvalue weighted by Crippen LogP contribution is 2.84. The second-order valence-electron chi connectivity index (χ2n) is 10.2. The molecular weight excluding hydrogens is 300 g/mol. The molecule has 0 amide bonds. The van der Waals surface area contributed by atoms with Crippen LogP contribution < -0.4 is 0 Å². The lowest BCUT2D eigenvalue weighted by Gasteiger charge is -2.62. The first-order valence-electron chi connectivity index (χ1n) is 9.80. The van der Waals surface area contributed by atoms with E-state index in [9.17, 15) is 15.3 Å². The Kier molecular flexibility index (Phi) is 2.65. The molecule has 0 unspecified atom stereocenters. The molecule has 0 heterocycles.